The number of rotatable bonds is 8. The summed E-state index contributed by atoms with van der Waals surface area (Å²) in [7, 11) is 3.48. The minimum Gasteiger partial charge on any atom is -0.495 e. The molecule has 0 amide bonds. The van der Waals surface area contributed by atoms with Crippen molar-refractivity contribution in [1.82, 2.24) is 10.3 Å². The fourth-order valence-electron chi connectivity index (χ4n) is 2.50. The molecule has 4 heteroatoms. The Kier molecular flexibility index (Phi) is 5.16. The van der Waals surface area contributed by atoms with Crippen LogP contribution in [0.25, 0.3) is 0 Å². The van der Waals surface area contributed by atoms with Gasteiger partial charge in [0.15, 0.2) is 0 Å². The van der Waals surface area contributed by atoms with Crippen LogP contribution in [0.4, 0.5) is 0 Å². The molecule has 1 aromatic heterocycles. The molecule has 4 nitrogen and oxygen atoms in total. The highest BCUT2D eigenvalue weighted by Gasteiger charge is 2.38. The van der Waals surface area contributed by atoms with Crippen LogP contribution in [0.5, 0.6) is 5.75 Å². The van der Waals surface area contributed by atoms with Crippen molar-refractivity contribution in [2.24, 2.45) is 5.92 Å². The summed E-state index contributed by atoms with van der Waals surface area (Å²) in [5.41, 5.74) is 0.956. The Bertz CT molecular complexity index is 393. The molecule has 1 heterocycles. The van der Waals surface area contributed by atoms with Crippen molar-refractivity contribution in [1.29, 1.82) is 0 Å². The van der Waals surface area contributed by atoms with Crippen LogP contribution in [0.2, 0.25) is 0 Å². The van der Waals surface area contributed by atoms with Gasteiger partial charge in [0.2, 0.25) is 0 Å². The van der Waals surface area contributed by atoms with Crippen molar-refractivity contribution in [3.05, 3.63) is 24.0 Å². The molecule has 1 saturated carbocycles. The van der Waals surface area contributed by atoms with E-state index in [9.17, 15) is 0 Å². The van der Waals surface area contributed by atoms with E-state index < -0.39 is 0 Å². The Balaban J connectivity index is 2.24. The molecule has 0 aliphatic heterocycles. The van der Waals surface area contributed by atoms with E-state index in [4.69, 9.17) is 9.47 Å². The van der Waals surface area contributed by atoms with E-state index in [1.54, 1.807) is 14.2 Å². The molecule has 0 aromatic carbocycles. The number of hydrogen-bond donors (Lipinski definition) is 1. The highest BCUT2D eigenvalue weighted by molar-refractivity contribution is 5.30. The lowest BCUT2D eigenvalue weighted by Crippen LogP contribution is -2.36. The number of aromatic nitrogens is 1. The minimum absolute atomic E-state index is 0.105. The van der Waals surface area contributed by atoms with Crippen molar-refractivity contribution in [3.63, 3.8) is 0 Å². The maximum absolute atomic E-state index is 5.73. The van der Waals surface area contributed by atoms with Gasteiger partial charge >= 0.3 is 0 Å². The van der Waals surface area contributed by atoms with Crippen molar-refractivity contribution >= 4 is 0 Å². The van der Waals surface area contributed by atoms with Gasteiger partial charge in [-0.15, -0.1) is 0 Å². The van der Waals surface area contributed by atoms with Gasteiger partial charge in [-0.25, -0.2) is 0 Å². The lowest BCUT2D eigenvalue weighted by atomic mass is 10.0. The normalized spacial score (nSPS) is 18.1. The van der Waals surface area contributed by atoms with Crippen LogP contribution >= 0.6 is 0 Å². The van der Waals surface area contributed by atoms with Gasteiger partial charge in [0, 0.05) is 13.3 Å². The molecule has 0 bridgehead atoms. The molecule has 19 heavy (non-hydrogen) atoms. The van der Waals surface area contributed by atoms with Crippen LogP contribution in [-0.2, 0) is 4.74 Å². The zero-order valence-corrected chi connectivity index (χ0v) is 12.1. The van der Waals surface area contributed by atoms with Gasteiger partial charge in [0.25, 0.3) is 0 Å². The molecule has 2 unspecified atom stereocenters. The summed E-state index contributed by atoms with van der Waals surface area (Å²) in [6.07, 6.45) is 5.58. The van der Waals surface area contributed by atoms with Crippen LogP contribution in [0.3, 0.4) is 0 Å². The summed E-state index contributed by atoms with van der Waals surface area (Å²) in [4.78, 5) is 4.51. The maximum Gasteiger partial charge on any atom is 0.142 e. The minimum atomic E-state index is 0.105. The first-order valence-electron chi connectivity index (χ1n) is 7.06. The molecule has 0 saturated heterocycles. The van der Waals surface area contributed by atoms with Crippen LogP contribution in [0, 0.1) is 5.92 Å². The van der Waals surface area contributed by atoms with E-state index in [2.05, 4.69) is 17.2 Å². The molecule has 2 rings (SSSR count). The molecular weight excluding hydrogens is 240 g/mol. The lowest BCUT2D eigenvalue weighted by molar-refractivity contribution is 0.0486. The number of hydrogen-bond acceptors (Lipinski definition) is 4. The molecule has 1 fully saturated rings. The fraction of sp³-hybridized carbons (Fsp3) is 0.667. The summed E-state index contributed by atoms with van der Waals surface area (Å²) in [6, 6.07) is 3.97. The average Bonchev–Trinajstić information content (AvgIpc) is 3.28. The SMILES string of the molecule is CCCNC(c1ncccc1OC)C(OC)C1CC1. The molecule has 0 radical (unpaired) electrons. The molecule has 106 valence electrons. The molecule has 1 aliphatic rings. The van der Waals surface area contributed by atoms with Crippen LogP contribution in [-0.4, -0.2) is 31.9 Å². The van der Waals surface area contributed by atoms with Gasteiger partial charge in [-0.05, 0) is 43.9 Å². The van der Waals surface area contributed by atoms with E-state index in [-0.39, 0.29) is 12.1 Å². The van der Waals surface area contributed by atoms with Crippen molar-refractivity contribution < 1.29 is 9.47 Å². The molecule has 1 aliphatic carbocycles. The monoisotopic (exact) mass is 264 g/mol. The second-order valence-corrected chi connectivity index (χ2v) is 5.06. The van der Waals surface area contributed by atoms with Crippen LogP contribution in [0.15, 0.2) is 18.3 Å². The zero-order valence-electron chi connectivity index (χ0n) is 12.1. The second kappa shape index (κ2) is 6.87. The third-order valence-corrected chi connectivity index (χ3v) is 3.62. The van der Waals surface area contributed by atoms with Crippen molar-refractivity contribution in [2.75, 3.05) is 20.8 Å². The summed E-state index contributed by atoms with van der Waals surface area (Å²) in [5, 5.41) is 3.57. The standard InChI is InChI=1S/C15H24N2O2/c1-4-9-16-14(15(19-3)11-7-8-11)13-12(18-2)6-5-10-17-13/h5-6,10-11,14-16H,4,7-9H2,1-3H3. The van der Waals surface area contributed by atoms with Gasteiger partial charge in [-0.3, -0.25) is 4.98 Å². The smallest absolute Gasteiger partial charge is 0.142 e. The molecule has 1 N–H and O–H groups in total. The molecule has 0 spiro atoms. The van der Waals surface area contributed by atoms with Gasteiger partial charge in [-0.2, -0.15) is 0 Å². The second-order valence-electron chi connectivity index (χ2n) is 5.06. The molecule has 1 aromatic rings. The summed E-state index contributed by atoms with van der Waals surface area (Å²) < 4.78 is 11.2. The first-order chi connectivity index (χ1) is 9.31. The zero-order chi connectivity index (χ0) is 13.7. The van der Waals surface area contributed by atoms with E-state index in [1.807, 2.05) is 18.3 Å². The van der Waals surface area contributed by atoms with Gasteiger partial charge in [0.1, 0.15) is 11.4 Å². The highest BCUT2D eigenvalue weighted by atomic mass is 16.5. The first kappa shape index (κ1) is 14.3. The lowest BCUT2D eigenvalue weighted by Gasteiger charge is -2.27. The largest absolute Gasteiger partial charge is 0.495 e. The Morgan fingerprint density at radius 1 is 1.42 bits per heavy atom. The number of nitrogens with one attached hydrogen (secondary N) is 1. The Morgan fingerprint density at radius 3 is 2.79 bits per heavy atom. The van der Waals surface area contributed by atoms with E-state index >= 15 is 0 Å². The Hall–Kier alpha value is -1.13. The fourth-order valence-corrected chi connectivity index (χ4v) is 2.50. The topological polar surface area (TPSA) is 43.4 Å². The number of ether oxygens (including phenoxy) is 2. The number of pyridine rings is 1. The predicted octanol–water partition coefficient (Wildman–Crippen LogP) is 2.56. The van der Waals surface area contributed by atoms with Crippen LogP contribution < -0.4 is 10.1 Å². The highest BCUT2D eigenvalue weighted by Crippen LogP contribution is 2.40. The quantitative estimate of drug-likeness (QED) is 0.783. The van der Waals surface area contributed by atoms with E-state index in [1.165, 1.54) is 12.8 Å². The van der Waals surface area contributed by atoms with Crippen molar-refractivity contribution in [2.45, 2.75) is 38.3 Å². The molecule has 2 atom stereocenters. The van der Waals surface area contributed by atoms with Gasteiger partial charge in [-0.1, -0.05) is 6.92 Å². The average molecular weight is 264 g/mol. The number of nitrogens with zero attached hydrogens (tertiary/aromatic N) is 1. The van der Waals surface area contributed by atoms with Crippen LogP contribution in [0.1, 0.15) is 37.9 Å². The molecular formula is C15H24N2O2. The van der Waals surface area contributed by atoms with Crippen molar-refractivity contribution in [3.8, 4) is 5.75 Å². The third kappa shape index (κ3) is 3.45. The van der Waals surface area contributed by atoms with Gasteiger partial charge < -0.3 is 14.8 Å². The third-order valence-electron chi connectivity index (χ3n) is 3.62. The summed E-state index contributed by atoms with van der Waals surface area (Å²) >= 11 is 0. The predicted molar refractivity (Wildman–Crippen MR) is 75.3 cm³/mol. The van der Waals surface area contributed by atoms with Gasteiger partial charge in [0.05, 0.1) is 19.3 Å². The number of methoxy groups -OCH3 is 2. The van der Waals surface area contributed by atoms with E-state index in [0.29, 0.717) is 5.92 Å². The Morgan fingerprint density at radius 2 is 2.21 bits per heavy atom. The Labute approximate surface area is 115 Å². The summed E-state index contributed by atoms with van der Waals surface area (Å²) in [6.45, 7) is 3.12. The van der Waals surface area contributed by atoms with E-state index in [0.717, 1.165) is 24.4 Å². The summed E-state index contributed by atoms with van der Waals surface area (Å²) in [5.74, 6) is 1.48. The first-order valence-corrected chi connectivity index (χ1v) is 7.06. The maximum atomic E-state index is 5.73.